The van der Waals surface area contributed by atoms with E-state index >= 15 is 0 Å². The molecule has 0 aromatic heterocycles. The van der Waals surface area contributed by atoms with Crippen molar-refractivity contribution in [2.75, 3.05) is 35.8 Å². The SMILES string of the molecule is C.COC(=O)c1ccc(CBr)c(F)c1.COC(=O)c1ccc(CN(c2cccc(F)c2)S(C)(=O)=O)c(F)c1.CS(=O)(=O)Nc1cccc(F)c1. The van der Waals surface area contributed by atoms with Gasteiger partial charge < -0.3 is 9.47 Å². The number of methoxy groups -OCH3 is 2. The van der Waals surface area contributed by atoms with Gasteiger partial charge in [-0.25, -0.2) is 44.0 Å². The molecule has 4 aromatic carbocycles. The van der Waals surface area contributed by atoms with Crippen LogP contribution in [0.3, 0.4) is 0 Å². The van der Waals surface area contributed by atoms with Crippen molar-refractivity contribution >= 4 is 59.3 Å². The first-order valence-corrected chi connectivity index (χ1v) is 18.5. The lowest BCUT2D eigenvalue weighted by Crippen LogP contribution is -2.29. The van der Waals surface area contributed by atoms with Crippen LogP contribution < -0.4 is 9.03 Å². The molecule has 1 N–H and O–H groups in total. The fourth-order valence-corrected chi connectivity index (χ4v) is 5.65. The lowest BCUT2D eigenvalue weighted by Gasteiger charge is -2.23. The van der Waals surface area contributed by atoms with Crippen molar-refractivity contribution in [2.45, 2.75) is 19.3 Å². The van der Waals surface area contributed by atoms with Crippen LogP contribution in [-0.2, 0) is 41.4 Å². The molecule has 0 atom stereocenters. The van der Waals surface area contributed by atoms with Gasteiger partial charge in [-0.05, 0) is 66.2 Å². The first-order chi connectivity index (χ1) is 22.9. The summed E-state index contributed by atoms with van der Waals surface area (Å²) in [5, 5.41) is 0.431. The summed E-state index contributed by atoms with van der Waals surface area (Å²) < 4.78 is 110. The van der Waals surface area contributed by atoms with Crippen molar-refractivity contribution < 1.29 is 53.5 Å². The fourth-order valence-electron chi connectivity index (χ4n) is 3.77. The molecular weight excluding hydrogens is 772 g/mol. The van der Waals surface area contributed by atoms with Crippen molar-refractivity contribution in [3.63, 3.8) is 0 Å². The molecule has 0 aliphatic carbocycles. The van der Waals surface area contributed by atoms with E-state index in [1.54, 1.807) is 6.07 Å². The second-order valence-electron chi connectivity index (χ2n) is 9.86. The average Bonchev–Trinajstić information content (AvgIpc) is 3.02. The number of nitrogens with zero attached hydrogens (tertiary/aromatic N) is 1. The number of carbonyl (C=O) groups excluding carboxylic acids is 2. The summed E-state index contributed by atoms with van der Waals surface area (Å²) in [7, 11) is -4.65. The van der Waals surface area contributed by atoms with Crippen LogP contribution in [0.5, 0.6) is 0 Å². The van der Waals surface area contributed by atoms with E-state index in [2.05, 4.69) is 30.1 Å². The number of carbonyl (C=O) groups is 2. The molecule has 17 heteroatoms. The second kappa shape index (κ2) is 19.6. The number of benzene rings is 4. The molecule has 4 rings (SSSR count). The number of esters is 2. The monoisotopic (exact) mass is 806 g/mol. The van der Waals surface area contributed by atoms with E-state index in [0.29, 0.717) is 10.9 Å². The van der Waals surface area contributed by atoms with Gasteiger partial charge in [0.25, 0.3) is 0 Å². The number of anilines is 2. The van der Waals surface area contributed by atoms with Crippen LogP contribution in [0.15, 0.2) is 84.9 Å². The van der Waals surface area contributed by atoms with Crippen molar-refractivity contribution in [2.24, 2.45) is 0 Å². The van der Waals surface area contributed by atoms with Crippen molar-refractivity contribution in [1.29, 1.82) is 0 Å². The first kappa shape index (κ1) is 43.5. The number of ether oxygens (including phenoxy) is 2. The third kappa shape index (κ3) is 14.2. The first-order valence-electron chi connectivity index (χ1n) is 13.6. The largest absolute Gasteiger partial charge is 0.465 e. The van der Waals surface area contributed by atoms with Crippen LogP contribution in [0.4, 0.5) is 28.9 Å². The second-order valence-corrected chi connectivity index (χ2v) is 14.1. The molecule has 10 nitrogen and oxygen atoms in total. The minimum atomic E-state index is -3.77. The highest BCUT2D eigenvalue weighted by molar-refractivity contribution is 9.08. The van der Waals surface area contributed by atoms with E-state index < -0.39 is 55.3 Å². The van der Waals surface area contributed by atoms with E-state index in [4.69, 9.17) is 0 Å². The van der Waals surface area contributed by atoms with Gasteiger partial charge in [-0.1, -0.05) is 47.6 Å². The van der Waals surface area contributed by atoms with Crippen LogP contribution in [0.1, 0.15) is 39.3 Å². The summed E-state index contributed by atoms with van der Waals surface area (Å²) in [6, 6.07) is 18.1. The number of hydrogen-bond donors (Lipinski definition) is 1. The van der Waals surface area contributed by atoms with Gasteiger partial charge in [0.15, 0.2) is 0 Å². The highest BCUT2D eigenvalue weighted by atomic mass is 79.9. The number of halogens is 5. The molecule has 0 radical (unpaired) electrons. The van der Waals surface area contributed by atoms with Crippen molar-refractivity contribution in [3.05, 3.63) is 130 Å². The highest BCUT2D eigenvalue weighted by Gasteiger charge is 2.21. The van der Waals surface area contributed by atoms with E-state index in [1.807, 2.05) is 0 Å². The number of nitrogens with one attached hydrogen (secondary N) is 1. The molecule has 272 valence electrons. The Bertz CT molecular complexity index is 2000. The van der Waals surface area contributed by atoms with Crippen LogP contribution in [0.25, 0.3) is 0 Å². The summed E-state index contributed by atoms with van der Waals surface area (Å²) in [6.45, 7) is -0.338. The van der Waals surface area contributed by atoms with Crippen molar-refractivity contribution in [3.8, 4) is 0 Å². The Labute approximate surface area is 297 Å². The minimum absolute atomic E-state index is 0. The topological polar surface area (TPSA) is 136 Å². The predicted molar refractivity (Wildman–Crippen MR) is 187 cm³/mol. The standard InChI is InChI=1S/C16H15F2NO4S.C9H8BrFO2.C7H8FNO2S.CH4/c1-23-16(20)11-6-7-12(15(18)8-11)10-19(24(2,21)22)14-5-3-4-13(17)9-14;1-13-9(12)6-2-3-7(5-10)8(11)4-6;1-12(10,11)9-7-4-2-3-6(8)5-7;/h3-9H,10H2,1-2H3;2-4H,5H2,1H3;2-5,9H,1H3;1H4. The Morgan fingerprint density at radius 3 is 1.60 bits per heavy atom. The molecule has 0 saturated carbocycles. The zero-order valence-electron chi connectivity index (χ0n) is 26.4. The van der Waals surface area contributed by atoms with E-state index in [9.17, 15) is 44.0 Å². The van der Waals surface area contributed by atoms with Gasteiger partial charge >= 0.3 is 11.9 Å². The van der Waals surface area contributed by atoms with E-state index in [-0.39, 0.29) is 42.0 Å². The van der Waals surface area contributed by atoms with E-state index in [1.165, 1.54) is 74.9 Å². The summed E-state index contributed by atoms with van der Waals surface area (Å²) in [4.78, 5) is 22.3. The van der Waals surface area contributed by atoms with Gasteiger partial charge in [-0.3, -0.25) is 9.03 Å². The third-order valence-electron chi connectivity index (χ3n) is 6.03. The normalized spacial score (nSPS) is 10.6. The lowest BCUT2D eigenvalue weighted by atomic mass is 10.1. The maximum atomic E-state index is 14.2. The number of hydrogen-bond acceptors (Lipinski definition) is 8. The molecule has 0 aliphatic rings. The smallest absolute Gasteiger partial charge is 0.337 e. The lowest BCUT2D eigenvalue weighted by molar-refractivity contribution is 0.0591. The predicted octanol–water partition coefficient (Wildman–Crippen LogP) is 7.06. The molecule has 0 unspecified atom stereocenters. The van der Waals surface area contributed by atoms with Crippen molar-refractivity contribution in [1.82, 2.24) is 0 Å². The molecule has 0 amide bonds. The molecule has 0 bridgehead atoms. The maximum absolute atomic E-state index is 14.2. The minimum Gasteiger partial charge on any atom is -0.465 e. The van der Waals surface area contributed by atoms with Gasteiger partial charge in [0.05, 0.1) is 55.8 Å². The molecule has 0 heterocycles. The Morgan fingerprint density at radius 2 is 1.20 bits per heavy atom. The molecular formula is C33H35BrF4N2O8S2. The third-order valence-corrected chi connectivity index (χ3v) is 8.38. The van der Waals surface area contributed by atoms with Crippen LogP contribution in [0.2, 0.25) is 0 Å². The summed E-state index contributed by atoms with van der Waals surface area (Å²) in [5.41, 5.74) is 1.11. The zero-order chi connectivity index (χ0) is 36.9. The van der Waals surface area contributed by atoms with Gasteiger partial charge in [0, 0.05) is 10.9 Å². The van der Waals surface area contributed by atoms with Gasteiger partial charge in [0.2, 0.25) is 20.0 Å². The summed E-state index contributed by atoms with van der Waals surface area (Å²) in [5.74, 6) is -3.47. The fraction of sp³-hybridized carbons (Fsp3) is 0.212. The molecule has 0 fully saturated rings. The summed E-state index contributed by atoms with van der Waals surface area (Å²) >= 11 is 3.13. The summed E-state index contributed by atoms with van der Waals surface area (Å²) in [6.07, 6.45) is 1.95. The Balaban J connectivity index is 0.000000407. The molecule has 50 heavy (non-hydrogen) atoms. The molecule has 0 aliphatic heterocycles. The average molecular weight is 808 g/mol. The number of alkyl halides is 1. The van der Waals surface area contributed by atoms with Gasteiger partial charge in [0.1, 0.15) is 23.3 Å². The zero-order valence-corrected chi connectivity index (χ0v) is 29.6. The van der Waals surface area contributed by atoms with Gasteiger partial charge in [-0.2, -0.15) is 0 Å². The molecule has 4 aromatic rings. The Kier molecular flexibility index (Phi) is 17.1. The van der Waals surface area contributed by atoms with Crippen LogP contribution >= 0.6 is 15.9 Å². The maximum Gasteiger partial charge on any atom is 0.337 e. The van der Waals surface area contributed by atoms with Crippen LogP contribution in [-0.4, -0.2) is 55.5 Å². The van der Waals surface area contributed by atoms with Crippen LogP contribution in [0, 0.1) is 23.3 Å². The Morgan fingerprint density at radius 1 is 0.720 bits per heavy atom. The number of sulfonamides is 2. The van der Waals surface area contributed by atoms with Gasteiger partial charge in [-0.15, -0.1) is 0 Å². The highest BCUT2D eigenvalue weighted by Crippen LogP contribution is 2.23. The molecule has 0 saturated heterocycles. The van der Waals surface area contributed by atoms with E-state index in [0.717, 1.165) is 35.0 Å². The molecule has 0 spiro atoms. The Hall–Kier alpha value is -4.48. The number of rotatable bonds is 9. The quantitative estimate of drug-likeness (QED) is 0.108.